The maximum atomic E-state index is 11.3. The van der Waals surface area contributed by atoms with Crippen LogP contribution >= 0.6 is 0 Å². The van der Waals surface area contributed by atoms with Crippen LogP contribution in [0.5, 0.6) is 0 Å². The van der Waals surface area contributed by atoms with Crippen LogP contribution in [0.4, 0.5) is 0 Å². The average molecular weight is 185 g/mol. The predicted molar refractivity (Wildman–Crippen MR) is 51.2 cm³/mol. The van der Waals surface area contributed by atoms with Gasteiger partial charge in [0, 0.05) is 0 Å². The highest BCUT2D eigenvalue weighted by atomic mass is 16.5. The quantitative estimate of drug-likeness (QED) is 0.677. The summed E-state index contributed by atoms with van der Waals surface area (Å²) in [5.41, 5.74) is 5.63. The van der Waals surface area contributed by atoms with Crippen molar-refractivity contribution in [1.29, 1.82) is 0 Å². The molecule has 1 saturated carbocycles. The molecule has 0 saturated heterocycles. The van der Waals surface area contributed by atoms with Gasteiger partial charge in [-0.1, -0.05) is 13.3 Å². The maximum Gasteiger partial charge on any atom is 0.323 e. The molecule has 1 fully saturated rings. The molecule has 13 heavy (non-hydrogen) atoms. The Kier molecular flexibility index (Phi) is 4.22. The highest BCUT2D eigenvalue weighted by Crippen LogP contribution is 2.21. The summed E-state index contributed by atoms with van der Waals surface area (Å²) in [7, 11) is 0. The van der Waals surface area contributed by atoms with E-state index in [1.807, 2.05) is 6.92 Å². The molecule has 3 nitrogen and oxygen atoms in total. The van der Waals surface area contributed by atoms with Crippen molar-refractivity contribution in [3.8, 4) is 0 Å². The van der Waals surface area contributed by atoms with Crippen LogP contribution in [-0.2, 0) is 9.53 Å². The summed E-state index contributed by atoms with van der Waals surface area (Å²) in [5, 5.41) is 0. The van der Waals surface area contributed by atoms with Gasteiger partial charge >= 0.3 is 5.97 Å². The van der Waals surface area contributed by atoms with Crippen LogP contribution in [0.15, 0.2) is 0 Å². The average Bonchev–Trinajstić information content (AvgIpc) is 2.57. The molecule has 1 atom stereocenters. The van der Waals surface area contributed by atoms with Crippen LogP contribution in [0, 0.1) is 0 Å². The van der Waals surface area contributed by atoms with E-state index in [4.69, 9.17) is 10.5 Å². The molecule has 1 rings (SSSR count). The molecule has 0 amide bonds. The van der Waals surface area contributed by atoms with E-state index in [9.17, 15) is 4.79 Å². The third-order valence-electron chi connectivity index (χ3n) is 2.49. The number of carbonyl (C=O) groups excluding carboxylic acids is 1. The molecule has 2 N–H and O–H groups in total. The zero-order valence-corrected chi connectivity index (χ0v) is 8.29. The van der Waals surface area contributed by atoms with Crippen LogP contribution in [0.2, 0.25) is 0 Å². The number of rotatable bonds is 4. The topological polar surface area (TPSA) is 52.3 Å². The number of esters is 1. The fraction of sp³-hybridized carbons (Fsp3) is 0.900. The molecule has 3 heteroatoms. The van der Waals surface area contributed by atoms with Gasteiger partial charge in [-0.3, -0.25) is 4.79 Å². The van der Waals surface area contributed by atoms with Crippen molar-refractivity contribution in [1.82, 2.24) is 0 Å². The van der Waals surface area contributed by atoms with Gasteiger partial charge in [0.25, 0.3) is 0 Å². The third kappa shape index (κ3) is 3.35. The molecule has 1 aliphatic carbocycles. The molecule has 76 valence electrons. The second-order valence-corrected chi connectivity index (χ2v) is 3.74. The first kappa shape index (κ1) is 10.5. The van der Waals surface area contributed by atoms with E-state index in [2.05, 4.69) is 0 Å². The van der Waals surface area contributed by atoms with Crippen LogP contribution < -0.4 is 5.73 Å². The molecule has 0 bridgehead atoms. The van der Waals surface area contributed by atoms with Crippen LogP contribution in [-0.4, -0.2) is 18.1 Å². The standard InChI is InChI=1S/C10H19NO2/c1-2-5-9(11)10(12)13-8-6-3-4-7-8/h8-9H,2-7,11H2,1H3/t9-/m1/s1. The van der Waals surface area contributed by atoms with Gasteiger partial charge in [-0.05, 0) is 32.1 Å². The largest absolute Gasteiger partial charge is 0.461 e. The minimum atomic E-state index is -0.411. The predicted octanol–water partition coefficient (Wildman–Crippen LogP) is 1.60. The minimum absolute atomic E-state index is 0.149. The molecule has 0 aromatic carbocycles. The second kappa shape index (κ2) is 5.22. The lowest BCUT2D eigenvalue weighted by Gasteiger charge is -2.14. The molecule has 0 spiro atoms. The zero-order valence-electron chi connectivity index (χ0n) is 8.29. The van der Waals surface area contributed by atoms with Gasteiger partial charge in [-0.25, -0.2) is 0 Å². The first-order valence-electron chi connectivity index (χ1n) is 5.20. The Labute approximate surface area is 79.6 Å². The Hall–Kier alpha value is -0.570. The van der Waals surface area contributed by atoms with Gasteiger partial charge < -0.3 is 10.5 Å². The Morgan fingerprint density at radius 3 is 2.69 bits per heavy atom. The maximum absolute atomic E-state index is 11.3. The first-order valence-corrected chi connectivity index (χ1v) is 5.20. The van der Waals surface area contributed by atoms with Crippen molar-refractivity contribution in [3.63, 3.8) is 0 Å². The Balaban J connectivity index is 2.22. The lowest BCUT2D eigenvalue weighted by atomic mass is 10.2. The number of nitrogens with two attached hydrogens (primary N) is 1. The van der Waals surface area contributed by atoms with E-state index >= 15 is 0 Å². The monoisotopic (exact) mass is 185 g/mol. The van der Waals surface area contributed by atoms with E-state index in [0.717, 1.165) is 25.7 Å². The number of hydrogen-bond donors (Lipinski definition) is 1. The molecular weight excluding hydrogens is 166 g/mol. The number of carbonyl (C=O) groups is 1. The van der Waals surface area contributed by atoms with E-state index < -0.39 is 6.04 Å². The van der Waals surface area contributed by atoms with Crippen LogP contribution in [0.3, 0.4) is 0 Å². The van der Waals surface area contributed by atoms with Crippen molar-refractivity contribution in [3.05, 3.63) is 0 Å². The molecular formula is C10H19NO2. The van der Waals surface area contributed by atoms with Gasteiger partial charge in [0.15, 0.2) is 0 Å². The summed E-state index contributed by atoms with van der Waals surface area (Å²) >= 11 is 0. The molecule has 0 unspecified atom stereocenters. The molecule has 1 aliphatic rings. The number of ether oxygens (including phenoxy) is 1. The highest BCUT2D eigenvalue weighted by Gasteiger charge is 2.22. The SMILES string of the molecule is CCC[C@@H](N)C(=O)OC1CCCC1. The zero-order chi connectivity index (χ0) is 9.68. The van der Waals surface area contributed by atoms with E-state index in [1.54, 1.807) is 0 Å². The van der Waals surface area contributed by atoms with Gasteiger partial charge in [0.05, 0.1) is 0 Å². The highest BCUT2D eigenvalue weighted by molar-refractivity contribution is 5.75. The van der Waals surface area contributed by atoms with Crippen molar-refractivity contribution >= 4 is 5.97 Å². The van der Waals surface area contributed by atoms with Gasteiger partial charge in [-0.2, -0.15) is 0 Å². The molecule has 0 aromatic heterocycles. The van der Waals surface area contributed by atoms with Crippen LogP contribution in [0.25, 0.3) is 0 Å². The van der Waals surface area contributed by atoms with Gasteiger partial charge in [0.2, 0.25) is 0 Å². The lowest BCUT2D eigenvalue weighted by Crippen LogP contribution is -2.34. The Bertz CT molecular complexity index is 164. The van der Waals surface area contributed by atoms with Gasteiger partial charge in [0.1, 0.15) is 12.1 Å². The van der Waals surface area contributed by atoms with E-state index in [0.29, 0.717) is 0 Å². The lowest BCUT2D eigenvalue weighted by molar-refractivity contribution is -0.150. The van der Waals surface area contributed by atoms with Gasteiger partial charge in [-0.15, -0.1) is 0 Å². The fourth-order valence-electron chi connectivity index (χ4n) is 1.69. The van der Waals surface area contributed by atoms with E-state index in [1.165, 1.54) is 12.8 Å². The van der Waals surface area contributed by atoms with Crippen LogP contribution in [0.1, 0.15) is 45.4 Å². The normalized spacial score (nSPS) is 20.2. The number of hydrogen-bond acceptors (Lipinski definition) is 3. The summed E-state index contributed by atoms with van der Waals surface area (Å²) in [6.07, 6.45) is 6.21. The van der Waals surface area contributed by atoms with Crippen molar-refractivity contribution in [2.45, 2.75) is 57.6 Å². The van der Waals surface area contributed by atoms with E-state index in [-0.39, 0.29) is 12.1 Å². The molecule has 0 radical (unpaired) electrons. The Morgan fingerprint density at radius 1 is 1.54 bits per heavy atom. The second-order valence-electron chi connectivity index (χ2n) is 3.74. The van der Waals surface area contributed by atoms with Crippen molar-refractivity contribution in [2.75, 3.05) is 0 Å². The third-order valence-corrected chi connectivity index (χ3v) is 2.49. The Morgan fingerprint density at radius 2 is 2.15 bits per heavy atom. The molecule has 0 heterocycles. The fourth-order valence-corrected chi connectivity index (χ4v) is 1.69. The summed E-state index contributed by atoms with van der Waals surface area (Å²) in [5.74, 6) is -0.214. The first-order chi connectivity index (χ1) is 6.24. The molecule has 0 aromatic rings. The molecule has 0 aliphatic heterocycles. The summed E-state index contributed by atoms with van der Waals surface area (Å²) < 4.78 is 5.26. The minimum Gasteiger partial charge on any atom is -0.461 e. The smallest absolute Gasteiger partial charge is 0.323 e. The summed E-state index contributed by atoms with van der Waals surface area (Å²) in [6.45, 7) is 2.02. The summed E-state index contributed by atoms with van der Waals surface area (Å²) in [6, 6.07) is -0.411. The summed E-state index contributed by atoms with van der Waals surface area (Å²) in [4.78, 5) is 11.3. The van der Waals surface area contributed by atoms with Crippen molar-refractivity contribution < 1.29 is 9.53 Å². The van der Waals surface area contributed by atoms with Crippen molar-refractivity contribution in [2.24, 2.45) is 5.73 Å².